The number of hydrogen-bond donors (Lipinski definition) is 1. The first-order valence-corrected chi connectivity index (χ1v) is 6.23. The quantitative estimate of drug-likeness (QED) is 0.769. The number of carboxylic acids is 1. The van der Waals surface area contributed by atoms with E-state index in [1.807, 2.05) is 0 Å². The number of carboxylic acid groups (broad SMARTS) is 1. The molecule has 0 saturated heterocycles. The van der Waals surface area contributed by atoms with E-state index >= 15 is 0 Å². The predicted octanol–water partition coefficient (Wildman–Crippen LogP) is 0.884. The van der Waals surface area contributed by atoms with Crippen molar-refractivity contribution in [2.24, 2.45) is 0 Å². The van der Waals surface area contributed by atoms with Crippen molar-refractivity contribution < 1.29 is 18.3 Å². The summed E-state index contributed by atoms with van der Waals surface area (Å²) in [5.74, 6) is -2.15. The molecular formula is C5H5O4S3. The molecule has 0 fully saturated rings. The number of sulfone groups is 1. The third-order valence-corrected chi connectivity index (χ3v) is 5.87. The lowest BCUT2D eigenvalue weighted by Gasteiger charge is -2.04. The Kier molecular flexibility index (Phi) is 3.08. The van der Waals surface area contributed by atoms with Crippen molar-refractivity contribution in [1.82, 2.24) is 0 Å². The van der Waals surface area contributed by atoms with Crippen LogP contribution in [0.3, 0.4) is 0 Å². The molecular weight excluding hydrogens is 220 g/mol. The SMILES string of the molecule is O=C(O)CS(=O)(=O)[C]1SC=CS1. The lowest BCUT2D eigenvalue weighted by atomic mass is 10.8. The van der Waals surface area contributed by atoms with Crippen molar-refractivity contribution in [3.8, 4) is 0 Å². The fraction of sp³-hybridized carbons (Fsp3) is 0.200. The van der Waals surface area contributed by atoms with E-state index in [9.17, 15) is 13.2 Å². The molecule has 1 radical (unpaired) electrons. The van der Waals surface area contributed by atoms with Crippen LogP contribution in [0.2, 0.25) is 0 Å². The van der Waals surface area contributed by atoms with Crippen molar-refractivity contribution in [3.63, 3.8) is 0 Å². The van der Waals surface area contributed by atoms with Crippen LogP contribution in [-0.2, 0) is 14.6 Å². The minimum Gasteiger partial charge on any atom is -0.480 e. The van der Waals surface area contributed by atoms with Gasteiger partial charge >= 0.3 is 5.97 Å². The molecule has 0 aromatic carbocycles. The summed E-state index contributed by atoms with van der Waals surface area (Å²) in [5, 5.41) is 11.5. The van der Waals surface area contributed by atoms with E-state index in [2.05, 4.69) is 0 Å². The van der Waals surface area contributed by atoms with Crippen LogP contribution < -0.4 is 0 Å². The van der Waals surface area contributed by atoms with E-state index in [0.29, 0.717) is 0 Å². The summed E-state index contributed by atoms with van der Waals surface area (Å²) in [6, 6.07) is 0. The van der Waals surface area contributed by atoms with Gasteiger partial charge in [0.25, 0.3) is 0 Å². The van der Waals surface area contributed by atoms with Crippen LogP contribution in [0.15, 0.2) is 10.8 Å². The van der Waals surface area contributed by atoms with E-state index in [-0.39, 0.29) is 3.91 Å². The van der Waals surface area contributed by atoms with Gasteiger partial charge < -0.3 is 5.11 Å². The van der Waals surface area contributed by atoms with Crippen LogP contribution >= 0.6 is 23.5 Å². The summed E-state index contributed by atoms with van der Waals surface area (Å²) in [5.41, 5.74) is 0. The van der Waals surface area contributed by atoms with Crippen molar-refractivity contribution >= 4 is 39.3 Å². The van der Waals surface area contributed by atoms with Gasteiger partial charge in [-0.3, -0.25) is 4.79 Å². The molecule has 0 aromatic rings. The Morgan fingerprint density at radius 2 is 1.92 bits per heavy atom. The highest BCUT2D eigenvalue weighted by atomic mass is 32.3. The third-order valence-electron chi connectivity index (χ3n) is 0.952. The second-order valence-corrected chi connectivity index (χ2v) is 6.44. The first-order valence-electron chi connectivity index (χ1n) is 2.82. The number of aliphatic carboxylic acids is 1. The fourth-order valence-electron chi connectivity index (χ4n) is 0.563. The van der Waals surface area contributed by atoms with Gasteiger partial charge in [-0.15, -0.1) is 0 Å². The second kappa shape index (κ2) is 3.71. The Balaban J connectivity index is 2.66. The van der Waals surface area contributed by atoms with Crippen molar-refractivity contribution in [3.05, 3.63) is 14.7 Å². The van der Waals surface area contributed by atoms with Gasteiger partial charge in [0.05, 0.1) is 0 Å². The normalized spacial score (nSPS) is 18.3. The number of rotatable bonds is 3. The summed E-state index contributed by atoms with van der Waals surface area (Å²) >= 11 is 2.08. The summed E-state index contributed by atoms with van der Waals surface area (Å²) in [6.45, 7) is 0. The first kappa shape index (κ1) is 9.94. The number of thioether (sulfide) groups is 2. The van der Waals surface area contributed by atoms with Gasteiger partial charge in [-0.25, -0.2) is 8.42 Å². The van der Waals surface area contributed by atoms with Crippen LogP contribution in [0.1, 0.15) is 0 Å². The first-order chi connectivity index (χ1) is 5.52. The summed E-state index contributed by atoms with van der Waals surface area (Å²) < 4.78 is 22.4. The van der Waals surface area contributed by atoms with Crippen molar-refractivity contribution in [2.75, 3.05) is 5.75 Å². The molecule has 4 nitrogen and oxygen atoms in total. The van der Waals surface area contributed by atoms with Crippen LogP contribution in [0, 0.1) is 3.91 Å². The van der Waals surface area contributed by atoms with Gasteiger partial charge in [0.15, 0.2) is 9.84 Å². The summed E-state index contributed by atoms with van der Waals surface area (Å²) in [4.78, 5) is 10.1. The van der Waals surface area contributed by atoms with Crippen LogP contribution in [0.5, 0.6) is 0 Å². The van der Waals surface area contributed by atoms with Crippen LogP contribution in [0.25, 0.3) is 0 Å². The Hall–Kier alpha value is -0.140. The van der Waals surface area contributed by atoms with E-state index in [1.54, 1.807) is 10.8 Å². The number of carbonyl (C=O) groups is 1. The molecule has 1 N–H and O–H groups in total. The van der Waals surface area contributed by atoms with E-state index in [0.717, 1.165) is 23.5 Å². The molecule has 1 rings (SSSR count). The molecule has 1 heterocycles. The van der Waals surface area contributed by atoms with Crippen molar-refractivity contribution in [1.29, 1.82) is 0 Å². The highest BCUT2D eigenvalue weighted by Gasteiger charge is 2.31. The summed E-state index contributed by atoms with van der Waals surface area (Å²) in [7, 11) is -3.58. The standard InChI is InChI=1S/C5H5O4S3/c6-4(7)3-12(8,9)5-10-1-2-11-5/h1-2H,3H2,(H,6,7). The van der Waals surface area contributed by atoms with Gasteiger partial charge in [-0.2, -0.15) is 0 Å². The molecule has 0 spiro atoms. The second-order valence-electron chi connectivity index (χ2n) is 1.91. The Morgan fingerprint density at radius 1 is 1.42 bits per heavy atom. The molecule has 0 atom stereocenters. The van der Waals surface area contributed by atoms with Gasteiger partial charge in [-0.1, -0.05) is 23.5 Å². The molecule has 0 amide bonds. The monoisotopic (exact) mass is 225 g/mol. The average Bonchev–Trinajstić information content (AvgIpc) is 2.32. The zero-order valence-electron chi connectivity index (χ0n) is 5.76. The molecule has 0 saturated carbocycles. The molecule has 12 heavy (non-hydrogen) atoms. The Labute approximate surface area is 78.3 Å². The topological polar surface area (TPSA) is 71.4 Å². The van der Waals surface area contributed by atoms with Gasteiger partial charge in [-0.05, 0) is 10.8 Å². The molecule has 0 unspecified atom stereocenters. The smallest absolute Gasteiger partial charge is 0.318 e. The zero-order chi connectivity index (χ0) is 9.19. The predicted molar refractivity (Wildman–Crippen MR) is 49.0 cm³/mol. The molecule has 0 bridgehead atoms. The highest BCUT2D eigenvalue weighted by molar-refractivity contribution is 8.38. The van der Waals surface area contributed by atoms with Gasteiger partial charge in [0, 0.05) is 0 Å². The molecule has 67 valence electrons. The van der Waals surface area contributed by atoms with E-state index < -0.39 is 21.6 Å². The third kappa shape index (κ3) is 2.43. The van der Waals surface area contributed by atoms with E-state index in [4.69, 9.17) is 5.11 Å². The van der Waals surface area contributed by atoms with Gasteiger partial charge in [0.1, 0.15) is 5.75 Å². The molecule has 0 aromatic heterocycles. The van der Waals surface area contributed by atoms with Crippen LogP contribution in [0.4, 0.5) is 0 Å². The lowest BCUT2D eigenvalue weighted by molar-refractivity contribution is -0.134. The minimum absolute atomic E-state index is 0.143. The van der Waals surface area contributed by atoms with Crippen molar-refractivity contribution in [2.45, 2.75) is 0 Å². The van der Waals surface area contributed by atoms with Gasteiger partial charge in [0.2, 0.25) is 3.91 Å². The fourth-order valence-corrected chi connectivity index (χ4v) is 4.09. The maximum absolute atomic E-state index is 11.1. The Bertz CT molecular complexity index is 297. The lowest BCUT2D eigenvalue weighted by Crippen LogP contribution is -2.17. The Morgan fingerprint density at radius 3 is 2.33 bits per heavy atom. The summed E-state index contributed by atoms with van der Waals surface area (Å²) in [6.07, 6.45) is 0. The molecule has 0 aliphatic carbocycles. The molecule has 1 aliphatic heterocycles. The minimum atomic E-state index is -3.58. The zero-order valence-corrected chi connectivity index (χ0v) is 8.21. The van der Waals surface area contributed by atoms with E-state index in [1.165, 1.54) is 0 Å². The maximum atomic E-state index is 11.1. The molecule has 1 aliphatic rings. The maximum Gasteiger partial charge on any atom is 0.318 e. The number of hydrogen-bond acceptors (Lipinski definition) is 5. The average molecular weight is 225 g/mol. The molecule has 7 heteroatoms. The highest BCUT2D eigenvalue weighted by Crippen LogP contribution is 2.44. The largest absolute Gasteiger partial charge is 0.480 e. The van der Waals surface area contributed by atoms with Crippen LogP contribution in [-0.4, -0.2) is 25.2 Å².